The van der Waals surface area contributed by atoms with Crippen LogP contribution in [0.3, 0.4) is 0 Å². The van der Waals surface area contributed by atoms with E-state index in [9.17, 15) is 35.9 Å². The highest BCUT2D eigenvalue weighted by molar-refractivity contribution is 5.97. The molecule has 0 aliphatic carbocycles. The van der Waals surface area contributed by atoms with Gasteiger partial charge in [0, 0.05) is 0 Å². The summed E-state index contributed by atoms with van der Waals surface area (Å²) in [6.45, 7) is 0. The zero-order chi connectivity index (χ0) is 15.1. The zero-order valence-corrected chi connectivity index (χ0v) is 8.48. The van der Waals surface area contributed by atoms with Gasteiger partial charge in [-0.15, -0.1) is 0 Å². The third-order valence-electron chi connectivity index (χ3n) is 2.04. The smallest absolute Gasteiger partial charge is 0.418 e. The van der Waals surface area contributed by atoms with Crippen molar-refractivity contribution in [2.45, 2.75) is 6.18 Å². The van der Waals surface area contributed by atoms with Gasteiger partial charge in [0.15, 0.2) is 17.5 Å². The fourth-order valence-electron chi connectivity index (χ4n) is 1.35. The van der Waals surface area contributed by atoms with Crippen LogP contribution in [0.1, 0.15) is 26.3 Å². The molecular formula is C9H2F6O4. The van der Waals surface area contributed by atoms with Gasteiger partial charge in [0.2, 0.25) is 0 Å². The first-order chi connectivity index (χ1) is 8.50. The van der Waals surface area contributed by atoms with Crippen LogP contribution in [-0.4, -0.2) is 22.2 Å². The number of carboxylic acids is 2. The van der Waals surface area contributed by atoms with Crippen LogP contribution in [0.25, 0.3) is 0 Å². The Morgan fingerprint density at radius 2 is 1.11 bits per heavy atom. The lowest BCUT2D eigenvalue weighted by atomic mass is 9.98. The van der Waals surface area contributed by atoms with Gasteiger partial charge in [-0.3, -0.25) is 0 Å². The van der Waals surface area contributed by atoms with E-state index in [4.69, 9.17) is 10.2 Å². The van der Waals surface area contributed by atoms with Crippen LogP contribution in [0, 0.1) is 17.5 Å². The van der Waals surface area contributed by atoms with Crippen LogP contribution in [0.2, 0.25) is 0 Å². The van der Waals surface area contributed by atoms with E-state index < -0.39 is 52.3 Å². The van der Waals surface area contributed by atoms with Crippen LogP contribution in [-0.2, 0) is 6.18 Å². The first-order valence-corrected chi connectivity index (χ1v) is 4.24. The summed E-state index contributed by atoms with van der Waals surface area (Å²) in [5.41, 5.74) is -7.17. The molecule has 0 bridgehead atoms. The van der Waals surface area contributed by atoms with E-state index in [2.05, 4.69) is 0 Å². The number of rotatable bonds is 2. The Morgan fingerprint density at radius 3 is 1.32 bits per heavy atom. The molecule has 19 heavy (non-hydrogen) atoms. The monoisotopic (exact) mass is 288 g/mol. The Morgan fingerprint density at radius 1 is 0.789 bits per heavy atom. The van der Waals surface area contributed by atoms with E-state index in [1.807, 2.05) is 0 Å². The molecule has 0 saturated heterocycles. The van der Waals surface area contributed by atoms with Crippen molar-refractivity contribution in [2.75, 3.05) is 0 Å². The molecule has 10 heteroatoms. The van der Waals surface area contributed by atoms with Gasteiger partial charge in [0.05, 0.1) is 5.56 Å². The summed E-state index contributed by atoms with van der Waals surface area (Å²) in [6.07, 6.45) is -5.70. The normalized spacial score (nSPS) is 11.5. The minimum atomic E-state index is -5.70. The summed E-state index contributed by atoms with van der Waals surface area (Å²) >= 11 is 0. The maximum Gasteiger partial charge on any atom is 0.418 e. The van der Waals surface area contributed by atoms with Gasteiger partial charge >= 0.3 is 18.1 Å². The van der Waals surface area contributed by atoms with Gasteiger partial charge in [-0.2, -0.15) is 13.2 Å². The van der Waals surface area contributed by atoms with Crippen LogP contribution in [0.5, 0.6) is 0 Å². The third kappa shape index (κ3) is 2.33. The number of halogens is 6. The van der Waals surface area contributed by atoms with Crippen molar-refractivity contribution in [3.63, 3.8) is 0 Å². The average Bonchev–Trinajstić information content (AvgIpc) is 2.22. The van der Waals surface area contributed by atoms with Crippen molar-refractivity contribution in [2.24, 2.45) is 0 Å². The summed E-state index contributed by atoms with van der Waals surface area (Å²) in [6, 6.07) is 0. The average molecular weight is 288 g/mol. The van der Waals surface area contributed by atoms with Crippen molar-refractivity contribution < 1.29 is 46.1 Å². The molecule has 1 rings (SSSR count). The SMILES string of the molecule is O=C(O)c1c(F)c(F)c(F)c(C(=O)O)c1C(F)(F)F. The van der Waals surface area contributed by atoms with Crippen LogP contribution in [0.15, 0.2) is 0 Å². The predicted molar refractivity (Wildman–Crippen MR) is 45.2 cm³/mol. The Hall–Kier alpha value is -2.26. The zero-order valence-electron chi connectivity index (χ0n) is 8.48. The number of carbonyl (C=O) groups is 2. The Bertz CT molecular complexity index is 536. The Balaban J connectivity index is 4.03. The summed E-state index contributed by atoms with van der Waals surface area (Å²) < 4.78 is 76.6. The van der Waals surface area contributed by atoms with Crippen LogP contribution in [0.4, 0.5) is 26.3 Å². The van der Waals surface area contributed by atoms with Gasteiger partial charge < -0.3 is 10.2 Å². The largest absolute Gasteiger partial charge is 0.478 e. The fourth-order valence-corrected chi connectivity index (χ4v) is 1.35. The molecule has 0 aliphatic heterocycles. The van der Waals surface area contributed by atoms with Gasteiger partial charge in [0.25, 0.3) is 0 Å². The molecule has 104 valence electrons. The van der Waals surface area contributed by atoms with Gasteiger partial charge in [-0.05, 0) is 0 Å². The maximum absolute atomic E-state index is 13.1. The van der Waals surface area contributed by atoms with Crippen molar-refractivity contribution in [1.82, 2.24) is 0 Å². The number of alkyl halides is 3. The molecule has 0 saturated carbocycles. The second-order valence-corrected chi connectivity index (χ2v) is 3.18. The van der Waals surface area contributed by atoms with E-state index in [1.165, 1.54) is 0 Å². The van der Waals surface area contributed by atoms with Crippen molar-refractivity contribution >= 4 is 11.9 Å². The molecule has 0 spiro atoms. The first kappa shape index (κ1) is 14.8. The molecule has 1 aromatic carbocycles. The van der Waals surface area contributed by atoms with E-state index in [-0.39, 0.29) is 0 Å². The minimum absolute atomic E-state index is 2.29. The van der Waals surface area contributed by atoms with Crippen LogP contribution < -0.4 is 0 Å². The van der Waals surface area contributed by atoms with Gasteiger partial charge in [-0.1, -0.05) is 0 Å². The first-order valence-electron chi connectivity index (χ1n) is 4.24. The van der Waals surface area contributed by atoms with E-state index in [1.54, 1.807) is 0 Å². The Kier molecular flexibility index (Phi) is 3.46. The molecule has 0 aliphatic rings. The van der Waals surface area contributed by atoms with Gasteiger partial charge in [0.1, 0.15) is 11.1 Å². The third-order valence-corrected chi connectivity index (χ3v) is 2.04. The quantitative estimate of drug-likeness (QED) is 0.647. The second kappa shape index (κ2) is 4.44. The highest BCUT2D eigenvalue weighted by atomic mass is 19.4. The van der Waals surface area contributed by atoms with E-state index in [0.717, 1.165) is 0 Å². The molecule has 1 aromatic rings. The molecule has 4 nitrogen and oxygen atoms in total. The molecule has 0 amide bonds. The summed E-state index contributed by atoms with van der Waals surface area (Å²) in [4.78, 5) is 21.0. The molecular weight excluding hydrogens is 286 g/mol. The summed E-state index contributed by atoms with van der Waals surface area (Å²) in [7, 11) is 0. The van der Waals surface area contributed by atoms with E-state index >= 15 is 0 Å². The highest BCUT2D eigenvalue weighted by Gasteiger charge is 2.45. The Labute approximate surface area is 99.4 Å². The molecule has 0 aromatic heterocycles. The summed E-state index contributed by atoms with van der Waals surface area (Å²) in [5, 5.41) is 16.8. The molecule has 0 heterocycles. The number of hydrogen-bond donors (Lipinski definition) is 2. The number of benzene rings is 1. The topological polar surface area (TPSA) is 74.6 Å². The lowest BCUT2D eigenvalue weighted by Crippen LogP contribution is -2.23. The van der Waals surface area contributed by atoms with Crippen LogP contribution >= 0.6 is 0 Å². The second-order valence-electron chi connectivity index (χ2n) is 3.18. The number of carboxylic acid groups (broad SMARTS) is 2. The highest BCUT2D eigenvalue weighted by Crippen LogP contribution is 2.38. The van der Waals surface area contributed by atoms with Crippen molar-refractivity contribution in [3.05, 3.63) is 34.1 Å². The molecule has 0 unspecified atom stereocenters. The lowest BCUT2D eigenvalue weighted by molar-refractivity contribution is -0.139. The van der Waals surface area contributed by atoms with Gasteiger partial charge in [-0.25, -0.2) is 22.8 Å². The minimum Gasteiger partial charge on any atom is -0.478 e. The summed E-state index contributed by atoms with van der Waals surface area (Å²) in [5.74, 6) is -13.0. The number of hydrogen-bond acceptors (Lipinski definition) is 2. The van der Waals surface area contributed by atoms with E-state index in [0.29, 0.717) is 0 Å². The fraction of sp³-hybridized carbons (Fsp3) is 0.111. The molecule has 2 N–H and O–H groups in total. The molecule has 0 radical (unpaired) electrons. The number of aromatic carboxylic acids is 2. The standard InChI is InChI=1S/C9H2F6O4/c10-4-1(7(16)17)3(9(13,14)15)2(8(18)19)5(11)6(4)12/h(H,16,17)(H,18,19). The van der Waals surface area contributed by atoms with Crippen molar-refractivity contribution in [1.29, 1.82) is 0 Å². The molecule has 0 fully saturated rings. The lowest BCUT2D eigenvalue weighted by Gasteiger charge is -2.15. The maximum atomic E-state index is 13.1. The molecule has 0 atom stereocenters. The predicted octanol–water partition coefficient (Wildman–Crippen LogP) is 2.52. The van der Waals surface area contributed by atoms with Crippen molar-refractivity contribution in [3.8, 4) is 0 Å².